The summed E-state index contributed by atoms with van der Waals surface area (Å²) in [5, 5.41) is 2.96. The van der Waals surface area contributed by atoms with Gasteiger partial charge in [-0.15, -0.1) is 0 Å². The van der Waals surface area contributed by atoms with Crippen LogP contribution in [0.1, 0.15) is 24.8 Å². The molecule has 1 fully saturated rings. The van der Waals surface area contributed by atoms with Gasteiger partial charge in [0.25, 0.3) is 0 Å². The Balaban J connectivity index is 1.68. The number of hydrogen-bond donors (Lipinski definition) is 1. The van der Waals surface area contributed by atoms with Crippen LogP contribution in [-0.2, 0) is 24.3 Å². The summed E-state index contributed by atoms with van der Waals surface area (Å²) < 4.78 is 16.8. The molecule has 5 nitrogen and oxygen atoms in total. The first-order chi connectivity index (χ1) is 12.4. The predicted octanol–water partition coefficient (Wildman–Crippen LogP) is 3.08. The van der Waals surface area contributed by atoms with Crippen LogP contribution in [0.4, 0.5) is 10.1 Å². The molecule has 3 aromatic rings. The molecule has 26 heavy (non-hydrogen) atoms. The highest BCUT2D eigenvalue weighted by Gasteiger charge is 2.45. The van der Waals surface area contributed by atoms with Crippen LogP contribution in [0.25, 0.3) is 11.0 Å². The van der Waals surface area contributed by atoms with Gasteiger partial charge < -0.3 is 5.32 Å². The second kappa shape index (κ2) is 5.83. The lowest BCUT2D eigenvalue weighted by molar-refractivity contribution is -0.124. The SMILES string of the molecule is Cn1c(=O)n(C)c2cc(NC(=O)C3(c4cccc(F)c4)CCC3)ccc21. The molecule has 1 saturated carbocycles. The number of rotatable bonds is 3. The Morgan fingerprint density at radius 2 is 1.81 bits per heavy atom. The molecule has 0 saturated heterocycles. The fourth-order valence-electron chi connectivity index (χ4n) is 3.80. The summed E-state index contributed by atoms with van der Waals surface area (Å²) in [4.78, 5) is 25.1. The molecule has 1 amide bonds. The van der Waals surface area contributed by atoms with Gasteiger partial charge in [0.1, 0.15) is 5.82 Å². The predicted molar refractivity (Wildman–Crippen MR) is 98.7 cm³/mol. The van der Waals surface area contributed by atoms with Gasteiger partial charge in [-0.05, 0) is 48.7 Å². The smallest absolute Gasteiger partial charge is 0.325 e. The number of nitrogens with one attached hydrogen (secondary N) is 1. The van der Waals surface area contributed by atoms with Crippen LogP contribution in [0.15, 0.2) is 47.3 Å². The van der Waals surface area contributed by atoms with Gasteiger partial charge in [0.15, 0.2) is 0 Å². The molecule has 1 aromatic heterocycles. The minimum atomic E-state index is -0.681. The lowest BCUT2D eigenvalue weighted by atomic mass is 9.63. The molecule has 2 aromatic carbocycles. The van der Waals surface area contributed by atoms with E-state index in [1.807, 2.05) is 12.1 Å². The maximum atomic E-state index is 13.6. The Morgan fingerprint density at radius 3 is 2.46 bits per heavy atom. The summed E-state index contributed by atoms with van der Waals surface area (Å²) >= 11 is 0. The number of aromatic nitrogens is 2. The summed E-state index contributed by atoms with van der Waals surface area (Å²) in [6.45, 7) is 0. The van der Waals surface area contributed by atoms with Crippen molar-refractivity contribution >= 4 is 22.6 Å². The van der Waals surface area contributed by atoms with E-state index in [1.165, 1.54) is 12.1 Å². The lowest BCUT2D eigenvalue weighted by Crippen LogP contribution is -2.46. The number of nitrogens with zero attached hydrogens (tertiary/aromatic N) is 2. The monoisotopic (exact) mass is 353 g/mol. The number of carbonyl (C=O) groups is 1. The Morgan fingerprint density at radius 1 is 1.08 bits per heavy atom. The maximum Gasteiger partial charge on any atom is 0.328 e. The number of anilines is 1. The van der Waals surface area contributed by atoms with Crippen LogP contribution in [0.2, 0.25) is 0 Å². The molecule has 1 N–H and O–H groups in total. The van der Waals surface area contributed by atoms with E-state index in [0.29, 0.717) is 18.5 Å². The largest absolute Gasteiger partial charge is 0.328 e. The van der Waals surface area contributed by atoms with E-state index >= 15 is 0 Å². The van der Waals surface area contributed by atoms with Crippen molar-refractivity contribution in [1.82, 2.24) is 9.13 Å². The molecule has 6 heteroatoms. The number of fused-ring (bicyclic) bond motifs is 1. The van der Waals surface area contributed by atoms with Crippen molar-refractivity contribution in [2.75, 3.05) is 5.32 Å². The van der Waals surface area contributed by atoms with Gasteiger partial charge in [0.2, 0.25) is 5.91 Å². The van der Waals surface area contributed by atoms with E-state index in [0.717, 1.165) is 23.0 Å². The topological polar surface area (TPSA) is 56.0 Å². The van der Waals surface area contributed by atoms with Crippen LogP contribution >= 0.6 is 0 Å². The molecule has 0 atom stereocenters. The van der Waals surface area contributed by atoms with Crippen LogP contribution in [-0.4, -0.2) is 15.0 Å². The zero-order chi connectivity index (χ0) is 18.5. The van der Waals surface area contributed by atoms with Crippen molar-refractivity contribution in [2.45, 2.75) is 24.7 Å². The Bertz CT molecular complexity index is 1080. The number of aryl methyl sites for hydroxylation is 2. The highest BCUT2D eigenvalue weighted by atomic mass is 19.1. The van der Waals surface area contributed by atoms with Crippen molar-refractivity contribution in [3.63, 3.8) is 0 Å². The number of imidazole rings is 1. The first-order valence-corrected chi connectivity index (χ1v) is 8.65. The number of carbonyl (C=O) groups excluding carboxylic acids is 1. The van der Waals surface area contributed by atoms with Gasteiger partial charge in [-0.3, -0.25) is 13.9 Å². The molecule has 134 valence electrons. The normalized spacial score (nSPS) is 15.7. The van der Waals surface area contributed by atoms with Crippen LogP contribution < -0.4 is 11.0 Å². The summed E-state index contributed by atoms with van der Waals surface area (Å²) in [5.74, 6) is -0.461. The molecule has 1 aliphatic rings. The molecular formula is C20H20FN3O2. The average molecular weight is 353 g/mol. The van der Waals surface area contributed by atoms with E-state index in [2.05, 4.69) is 5.32 Å². The van der Waals surface area contributed by atoms with E-state index in [4.69, 9.17) is 0 Å². The van der Waals surface area contributed by atoms with Crippen LogP contribution in [0.5, 0.6) is 0 Å². The third-order valence-corrected chi connectivity index (χ3v) is 5.55. The van der Waals surface area contributed by atoms with E-state index in [9.17, 15) is 14.0 Å². The first-order valence-electron chi connectivity index (χ1n) is 8.65. The van der Waals surface area contributed by atoms with E-state index in [-0.39, 0.29) is 17.4 Å². The molecular weight excluding hydrogens is 333 g/mol. The second-order valence-electron chi connectivity index (χ2n) is 7.00. The molecule has 0 spiro atoms. The minimum Gasteiger partial charge on any atom is -0.325 e. The summed E-state index contributed by atoms with van der Waals surface area (Å²) in [7, 11) is 3.42. The zero-order valence-electron chi connectivity index (χ0n) is 14.8. The zero-order valence-corrected chi connectivity index (χ0v) is 14.8. The van der Waals surface area contributed by atoms with E-state index < -0.39 is 5.41 Å². The minimum absolute atomic E-state index is 0.112. The van der Waals surface area contributed by atoms with Crippen molar-refractivity contribution in [2.24, 2.45) is 14.1 Å². The van der Waals surface area contributed by atoms with Crippen molar-refractivity contribution < 1.29 is 9.18 Å². The molecule has 0 unspecified atom stereocenters. The van der Waals surface area contributed by atoms with Gasteiger partial charge >= 0.3 is 5.69 Å². The fraction of sp³-hybridized carbons (Fsp3) is 0.300. The Hall–Kier alpha value is -2.89. The van der Waals surface area contributed by atoms with Crippen LogP contribution in [0.3, 0.4) is 0 Å². The van der Waals surface area contributed by atoms with Gasteiger partial charge in [0, 0.05) is 19.8 Å². The summed E-state index contributed by atoms with van der Waals surface area (Å²) in [6, 6.07) is 11.7. The molecule has 4 rings (SSSR count). The molecule has 0 aliphatic heterocycles. The van der Waals surface area contributed by atoms with E-state index in [1.54, 1.807) is 41.4 Å². The highest BCUT2D eigenvalue weighted by Crippen LogP contribution is 2.44. The third-order valence-electron chi connectivity index (χ3n) is 5.55. The maximum absolute atomic E-state index is 13.6. The molecule has 1 heterocycles. The molecule has 0 radical (unpaired) electrons. The van der Waals surface area contributed by atoms with Crippen molar-refractivity contribution in [3.8, 4) is 0 Å². The highest BCUT2D eigenvalue weighted by molar-refractivity contribution is 6.01. The van der Waals surface area contributed by atoms with Gasteiger partial charge in [-0.1, -0.05) is 18.6 Å². The number of benzene rings is 2. The van der Waals surface area contributed by atoms with Crippen LogP contribution in [0, 0.1) is 5.82 Å². The fourth-order valence-corrected chi connectivity index (χ4v) is 3.80. The number of amides is 1. The standard InChI is InChI=1S/C20H20FN3O2/c1-23-16-8-7-15(12-17(16)24(2)19(23)26)22-18(25)20(9-4-10-20)13-5-3-6-14(21)11-13/h3,5-8,11-12H,4,9-10H2,1-2H3,(H,22,25). The second-order valence-corrected chi connectivity index (χ2v) is 7.00. The van der Waals surface area contributed by atoms with Gasteiger partial charge in [-0.2, -0.15) is 0 Å². The molecule has 0 bridgehead atoms. The molecule has 1 aliphatic carbocycles. The summed E-state index contributed by atoms with van der Waals surface area (Å²) in [5.41, 5.74) is 2.11. The number of halogens is 1. The average Bonchev–Trinajstić information content (AvgIpc) is 2.78. The first kappa shape index (κ1) is 16.6. The quantitative estimate of drug-likeness (QED) is 0.787. The number of hydrogen-bond acceptors (Lipinski definition) is 2. The summed E-state index contributed by atoms with van der Waals surface area (Å²) in [6.07, 6.45) is 2.35. The Labute approximate surface area is 150 Å². The third kappa shape index (κ3) is 2.36. The van der Waals surface area contributed by atoms with Crippen molar-refractivity contribution in [3.05, 3.63) is 64.3 Å². The van der Waals surface area contributed by atoms with Gasteiger partial charge in [0.05, 0.1) is 16.4 Å². The lowest BCUT2D eigenvalue weighted by Gasteiger charge is -2.40. The Kier molecular flexibility index (Phi) is 3.72. The van der Waals surface area contributed by atoms with Gasteiger partial charge in [-0.25, -0.2) is 9.18 Å². The van der Waals surface area contributed by atoms with Crippen molar-refractivity contribution in [1.29, 1.82) is 0 Å².